The van der Waals surface area contributed by atoms with Gasteiger partial charge in [0.2, 0.25) is 12.3 Å². The van der Waals surface area contributed by atoms with Gasteiger partial charge in [-0.1, -0.05) is 0 Å². The molecule has 1 unspecified atom stereocenters. The van der Waals surface area contributed by atoms with E-state index in [1.807, 2.05) is 6.92 Å². The molecule has 100 valence electrons. The fourth-order valence-electron chi connectivity index (χ4n) is 2.14. The Balaban J connectivity index is 1.95. The molecule has 0 saturated carbocycles. The predicted molar refractivity (Wildman–Crippen MR) is 67.0 cm³/mol. The van der Waals surface area contributed by atoms with E-state index >= 15 is 0 Å². The average Bonchev–Trinajstić information content (AvgIpc) is 2.74. The van der Waals surface area contributed by atoms with Crippen LogP contribution in [0.4, 0.5) is 0 Å². The maximum Gasteiger partial charge on any atom is 0.256 e. The highest BCUT2D eigenvalue weighted by Gasteiger charge is 2.31. The van der Waals surface area contributed by atoms with Crippen LogP contribution in [0.3, 0.4) is 0 Å². The molecule has 0 radical (unpaired) electrons. The summed E-state index contributed by atoms with van der Waals surface area (Å²) in [4.78, 5) is 39.3. The normalized spacial score (nSPS) is 15.0. The van der Waals surface area contributed by atoms with Crippen molar-refractivity contribution in [1.82, 2.24) is 15.2 Å². The van der Waals surface area contributed by atoms with Gasteiger partial charge in [0.05, 0.1) is 17.8 Å². The van der Waals surface area contributed by atoms with Crippen LogP contribution in [0.2, 0.25) is 0 Å². The molecule has 1 aromatic rings. The van der Waals surface area contributed by atoms with Crippen molar-refractivity contribution >= 4 is 18.2 Å². The summed E-state index contributed by atoms with van der Waals surface area (Å²) >= 11 is 0. The van der Waals surface area contributed by atoms with E-state index in [9.17, 15) is 14.4 Å². The lowest BCUT2D eigenvalue weighted by Crippen LogP contribution is -2.34. The fraction of sp³-hybridized carbons (Fsp3) is 0.385. The molecule has 1 aromatic heterocycles. The van der Waals surface area contributed by atoms with Gasteiger partial charge in [0, 0.05) is 18.7 Å². The number of hydrogen-bond acceptors (Lipinski definition) is 4. The number of nitrogens with zero attached hydrogens (tertiary/aromatic N) is 2. The molecule has 0 aromatic carbocycles. The zero-order valence-corrected chi connectivity index (χ0v) is 10.6. The van der Waals surface area contributed by atoms with Crippen LogP contribution in [0, 0.1) is 0 Å². The molecular formula is C13H15N3O3. The first-order valence-electron chi connectivity index (χ1n) is 6.11. The second kappa shape index (κ2) is 5.60. The number of hydrogen-bond donors (Lipinski definition) is 1. The third-order valence-electron chi connectivity index (χ3n) is 3.24. The third kappa shape index (κ3) is 2.78. The van der Waals surface area contributed by atoms with Crippen LogP contribution in [-0.4, -0.2) is 34.2 Å². The molecule has 2 rings (SSSR count). The van der Waals surface area contributed by atoms with E-state index in [1.54, 1.807) is 23.2 Å². The van der Waals surface area contributed by atoms with Gasteiger partial charge in [-0.2, -0.15) is 0 Å². The monoisotopic (exact) mass is 261 g/mol. The number of imide groups is 1. The van der Waals surface area contributed by atoms with Crippen LogP contribution >= 0.6 is 0 Å². The van der Waals surface area contributed by atoms with E-state index in [0.29, 0.717) is 24.9 Å². The average molecular weight is 261 g/mol. The topological polar surface area (TPSA) is 79.4 Å². The van der Waals surface area contributed by atoms with Crippen LogP contribution in [-0.2, 0) is 16.1 Å². The van der Waals surface area contributed by atoms with E-state index in [0.717, 1.165) is 5.69 Å². The summed E-state index contributed by atoms with van der Waals surface area (Å²) < 4.78 is 0. The van der Waals surface area contributed by atoms with Crippen molar-refractivity contribution in [3.63, 3.8) is 0 Å². The number of fused-ring (bicyclic) bond motifs is 1. The Labute approximate surface area is 110 Å². The lowest BCUT2D eigenvalue weighted by molar-refractivity contribution is -0.125. The standard InChI is InChI=1S/C13H15N3O3/c1-9(4-5-12(18)15-8-17)16-7-11-10(13(16)19)3-2-6-14-11/h2-3,6,8-9H,4-5,7H2,1H3,(H,15,17,18). The van der Waals surface area contributed by atoms with Gasteiger partial charge in [-0.15, -0.1) is 0 Å². The van der Waals surface area contributed by atoms with Gasteiger partial charge >= 0.3 is 0 Å². The summed E-state index contributed by atoms with van der Waals surface area (Å²) in [5.41, 5.74) is 1.41. The molecule has 6 nitrogen and oxygen atoms in total. The molecule has 0 saturated heterocycles. The molecule has 1 aliphatic heterocycles. The molecule has 19 heavy (non-hydrogen) atoms. The minimum absolute atomic E-state index is 0.0496. The number of nitrogens with one attached hydrogen (secondary N) is 1. The molecule has 6 heteroatoms. The van der Waals surface area contributed by atoms with E-state index in [1.165, 1.54) is 0 Å². The molecule has 3 amide bonds. The van der Waals surface area contributed by atoms with Gasteiger partial charge in [-0.3, -0.25) is 24.7 Å². The SMILES string of the molecule is CC(CCC(=O)NC=O)N1Cc2ncccc2C1=O. The van der Waals surface area contributed by atoms with Crippen LogP contribution in [0.5, 0.6) is 0 Å². The zero-order chi connectivity index (χ0) is 13.8. The first-order valence-corrected chi connectivity index (χ1v) is 6.11. The quantitative estimate of drug-likeness (QED) is 0.782. The predicted octanol–water partition coefficient (Wildman–Crippen LogP) is 0.479. The Morgan fingerprint density at radius 3 is 3.11 bits per heavy atom. The summed E-state index contributed by atoms with van der Waals surface area (Å²) in [5, 5.41) is 2.08. The number of carbonyl (C=O) groups is 3. The van der Waals surface area contributed by atoms with E-state index in [4.69, 9.17) is 0 Å². The number of aromatic nitrogens is 1. The number of pyridine rings is 1. The van der Waals surface area contributed by atoms with Crippen LogP contribution < -0.4 is 5.32 Å². The molecule has 0 fully saturated rings. The highest BCUT2D eigenvalue weighted by Crippen LogP contribution is 2.23. The highest BCUT2D eigenvalue weighted by molar-refractivity contribution is 5.98. The second-order valence-electron chi connectivity index (χ2n) is 4.50. The van der Waals surface area contributed by atoms with Crippen molar-refractivity contribution in [2.24, 2.45) is 0 Å². The maximum atomic E-state index is 12.1. The van der Waals surface area contributed by atoms with Crippen molar-refractivity contribution in [3.8, 4) is 0 Å². The molecule has 1 atom stereocenters. The van der Waals surface area contributed by atoms with Crippen molar-refractivity contribution in [2.45, 2.75) is 32.4 Å². The molecule has 0 aliphatic carbocycles. The summed E-state index contributed by atoms with van der Waals surface area (Å²) in [7, 11) is 0. The van der Waals surface area contributed by atoms with Gasteiger partial charge in [0.15, 0.2) is 0 Å². The van der Waals surface area contributed by atoms with Gasteiger partial charge in [-0.25, -0.2) is 0 Å². The molecule has 0 bridgehead atoms. The number of carbonyl (C=O) groups excluding carboxylic acids is 3. The lowest BCUT2D eigenvalue weighted by atomic mass is 10.1. The molecule has 2 heterocycles. The Bertz CT molecular complexity index is 516. The minimum atomic E-state index is -0.330. The molecule has 1 aliphatic rings. The van der Waals surface area contributed by atoms with Crippen LogP contribution in [0.15, 0.2) is 18.3 Å². The van der Waals surface area contributed by atoms with Gasteiger partial charge < -0.3 is 4.90 Å². The number of amides is 3. The van der Waals surface area contributed by atoms with E-state index < -0.39 is 0 Å². The van der Waals surface area contributed by atoms with Crippen LogP contribution in [0.1, 0.15) is 35.8 Å². The Morgan fingerprint density at radius 1 is 1.63 bits per heavy atom. The Morgan fingerprint density at radius 2 is 2.42 bits per heavy atom. The highest BCUT2D eigenvalue weighted by atomic mass is 16.2. The Kier molecular flexibility index (Phi) is 3.89. The first kappa shape index (κ1) is 13.2. The third-order valence-corrected chi connectivity index (χ3v) is 3.24. The second-order valence-corrected chi connectivity index (χ2v) is 4.50. The molecular weight excluding hydrogens is 246 g/mol. The molecule has 1 N–H and O–H groups in total. The zero-order valence-electron chi connectivity index (χ0n) is 10.6. The summed E-state index contributed by atoms with van der Waals surface area (Å²) in [6, 6.07) is 3.43. The minimum Gasteiger partial charge on any atom is -0.330 e. The number of rotatable bonds is 5. The van der Waals surface area contributed by atoms with Crippen molar-refractivity contribution in [3.05, 3.63) is 29.6 Å². The summed E-state index contributed by atoms with van der Waals surface area (Å²) in [6.45, 7) is 2.36. The van der Waals surface area contributed by atoms with Gasteiger partial charge in [0.1, 0.15) is 0 Å². The summed E-state index contributed by atoms with van der Waals surface area (Å²) in [6.07, 6.45) is 2.76. The van der Waals surface area contributed by atoms with Gasteiger partial charge in [-0.05, 0) is 25.5 Å². The first-order chi connectivity index (χ1) is 9.13. The summed E-state index contributed by atoms with van der Waals surface area (Å²) in [5.74, 6) is -0.379. The van der Waals surface area contributed by atoms with E-state index in [-0.39, 0.29) is 24.3 Å². The largest absolute Gasteiger partial charge is 0.330 e. The Hall–Kier alpha value is -2.24. The molecule has 0 spiro atoms. The van der Waals surface area contributed by atoms with Crippen molar-refractivity contribution < 1.29 is 14.4 Å². The van der Waals surface area contributed by atoms with E-state index in [2.05, 4.69) is 10.3 Å². The van der Waals surface area contributed by atoms with Crippen molar-refractivity contribution in [1.29, 1.82) is 0 Å². The lowest BCUT2D eigenvalue weighted by Gasteiger charge is -2.23. The van der Waals surface area contributed by atoms with Gasteiger partial charge in [0.25, 0.3) is 5.91 Å². The maximum absolute atomic E-state index is 12.1. The van der Waals surface area contributed by atoms with Crippen molar-refractivity contribution in [2.75, 3.05) is 0 Å². The fourth-order valence-corrected chi connectivity index (χ4v) is 2.14. The van der Waals surface area contributed by atoms with Crippen LogP contribution in [0.25, 0.3) is 0 Å². The smallest absolute Gasteiger partial charge is 0.256 e.